The second-order valence-corrected chi connectivity index (χ2v) is 6.00. The Morgan fingerprint density at radius 2 is 2.31 bits per heavy atom. The first-order chi connectivity index (χ1) is 7.66. The molecule has 2 rings (SSSR count). The molecule has 0 aromatic rings. The third kappa shape index (κ3) is 2.79. The van der Waals surface area contributed by atoms with E-state index in [1.807, 2.05) is 11.8 Å². The molecule has 0 bridgehead atoms. The number of thiocarbonyl (C=S) groups is 1. The monoisotopic (exact) mass is 260 g/mol. The number of aliphatic hydroxyl groups excluding tert-OH is 1. The zero-order valence-corrected chi connectivity index (χ0v) is 10.6. The molecule has 2 fully saturated rings. The molecule has 0 saturated carbocycles. The minimum absolute atomic E-state index is 0.0307. The van der Waals surface area contributed by atoms with Crippen LogP contribution in [0.15, 0.2) is 0 Å². The van der Waals surface area contributed by atoms with Crippen LogP contribution in [-0.2, 0) is 0 Å². The molecule has 0 aliphatic carbocycles. The number of aliphatic hydroxyl groups is 1. The standard InChI is InChI=1S/C10H16N2O2S2/c13-8(15)4-2-1-3-7-9-6(5-16-7)11-10(14)12-9/h6-7,9H,1-5H2,(H,13,15)(H2,11,12,14)/t6-,7-,9-/m0/s1. The summed E-state index contributed by atoms with van der Waals surface area (Å²) in [6, 6.07) is 0.567. The fraction of sp³-hybridized carbons (Fsp3) is 0.800. The van der Waals surface area contributed by atoms with Crippen LogP contribution in [0.3, 0.4) is 0 Å². The van der Waals surface area contributed by atoms with Crippen molar-refractivity contribution in [1.82, 2.24) is 10.6 Å². The van der Waals surface area contributed by atoms with Crippen LogP contribution in [0, 0.1) is 0 Å². The Labute approximate surface area is 105 Å². The van der Waals surface area contributed by atoms with Crippen LogP contribution < -0.4 is 10.6 Å². The molecule has 3 N–H and O–H groups in total. The summed E-state index contributed by atoms with van der Waals surface area (Å²) in [4.78, 5) is 11.1. The first-order valence-corrected chi connectivity index (χ1v) is 7.03. The predicted octanol–water partition coefficient (Wildman–Crippen LogP) is 1.60. The molecule has 0 radical (unpaired) electrons. The number of rotatable bonds is 5. The summed E-state index contributed by atoms with van der Waals surface area (Å²) in [7, 11) is 0. The number of thioether (sulfide) groups is 1. The van der Waals surface area contributed by atoms with E-state index in [1.165, 1.54) is 0 Å². The van der Waals surface area contributed by atoms with Gasteiger partial charge in [-0.1, -0.05) is 6.42 Å². The second kappa shape index (κ2) is 5.23. The minimum atomic E-state index is -0.0307. The topological polar surface area (TPSA) is 61.4 Å². The Balaban J connectivity index is 1.70. The van der Waals surface area contributed by atoms with Crippen molar-refractivity contribution in [2.75, 3.05) is 5.75 Å². The van der Waals surface area contributed by atoms with Crippen LogP contribution in [0.4, 0.5) is 4.79 Å². The smallest absolute Gasteiger partial charge is 0.315 e. The first-order valence-electron chi connectivity index (χ1n) is 5.57. The number of unbranched alkanes of at least 4 members (excludes halogenated alkanes) is 1. The number of carbonyl (C=O) groups excluding carboxylic acids is 1. The second-order valence-electron chi connectivity index (χ2n) is 4.26. The summed E-state index contributed by atoms with van der Waals surface area (Å²) in [6.45, 7) is 0. The van der Waals surface area contributed by atoms with Crippen molar-refractivity contribution < 1.29 is 9.90 Å². The third-order valence-corrected chi connectivity index (χ3v) is 4.78. The molecule has 2 heterocycles. The van der Waals surface area contributed by atoms with E-state index in [0.29, 0.717) is 23.8 Å². The molecule has 90 valence electrons. The van der Waals surface area contributed by atoms with Gasteiger partial charge in [0.25, 0.3) is 0 Å². The van der Waals surface area contributed by atoms with E-state index in [-0.39, 0.29) is 11.1 Å². The molecular weight excluding hydrogens is 244 g/mol. The SMILES string of the molecule is O=C1N[C@H]2[C@H](CS[C@H]2CCCCC(O)=S)N1. The number of amides is 2. The molecule has 0 aromatic heterocycles. The van der Waals surface area contributed by atoms with Gasteiger partial charge in [0, 0.05) is 17.4 Å². The van der Waals surface area contributed by atoms with Gasteiger partial charge >= 0.3 is 6.03 Å². The molecule has 16 heavy (non-hydrogen) atoms. The van der Waals surface area contributed by atoms with Crippen molar-refractivity contribution in [2.45, 2.75) is 43.0 Å². The number of hydrogen-bond donors (Lipinski definition) is 3. The van der Waals surface area contributed by atoms with E-state index >= 15 is 0 Å². The van der Waals surface area contributed by atoms with Crippen molar-refractivity contribution in [2.24, 2.45) is 0 Å². The van der Waals surface area contributed by atoms with Crippen LogP contribution >= 0.6 is 24.0 Å². The first kappa shape index (κ1) is 12.0. The molecule has 2 amide bonds. The van der Waals surface area contributed by atoms with E-state index < -0.39 is 0 Å². The van der Waals surface area contributed by atoms with E-state index in [0.717, 1.165) is 25.0 Å². The normalized spacial score (nSPS) is 32.0. The van der Waals surface area contributed by atoms with Gasteiger partial charge in [0.15, 0.2) is 5.05 Å². The Kier molecular flexibility index (Phi) is 3.91. The third-order valence-electron chi connectivity index (χ3n) is 3.07. The van der Waals surface area contributed by atoms with Gasteiger partial charge in [-0.15, -0.1) is 0 Å². The summed E-state index contributed by atoms with van der Waals surface area (Å²) in [5, 5.41) is 15.4. The highest BCUT2D eigenvalue weighted by Crippen LogP contribution is 2.33. The number of carbonyl (C=O) groups is 1. The van der Waals surface area contributed by atoms with Crippen LogP contribution in [0.1, 0.15) is 25.7 Å². The van der Waals surface area contributed by atoms with E-state index in [9.17, 15) is 4.79 Å². The number of hydrogen-bond acceptors (Lipinski definition) is 3. The predicted molar refractivity (Wildman–Crippen MR) is 69.2 cm³/mol. The van der Waals surface area contributed by atoms with Gasteiger partial charge < -0.3 is 15.7 Å². The summed E-state index contributed by atoms with van der Waals surface area (Å²) in [5.74, 6) is 1.01. The molecule has 0 aromatic carbocycles. The number of urea groups is 1. The lowest BCUT2D eigenvalue weighted by molar-refractivity contribution is 0.247. The molecule has 0 spiro atoms. The lowest BCUT2D eigenvalue weighted by Crippen LogP contribution is -2.36. The molecule has 2 aliphatic heterocycles. The highest BCUT2D eigenvalue weighted by molar-refractivity contribution is 8.00. The lowest BCUT2D eigenvalue weighted by Gasteiger charge is -2.16. The highest BCUT2D eigenvalue weighted by atomic mass is 32.2. The average molecular weight is 260 g/mol. The molecular formula is C10H16N2O2S2. The van der Waals surface area contributed by atoms with Gasteiger partial charge in [0.1, 0.15) is 0 Å². The van der Waals surface area contributed by atoms with Crippen molar-refractivity contribution in [3.8, 4) is 0 Å². The summed E-state index contributed by atoms with van der Waals surface area (Å²) >= 11 is 6.54. The maximum atomic E-state index is 11.1. The summed E-state index contributed by atoms with van der Waals surface area (Å²) < 4.78 is 0. The van der Waals surface area contributed by atoms with Gasteiger partial charge in [-0.05, 0) is 25.1 Å². The summed E-state index contributed by atoms with van der Waals surface area (Å²) in [6.07, 6.45) is 3.68. The Bertz CT molecular complexity index is 299. The summed E-state index contributed by atoms with van der Waals surface area (Å²) in [5.41, 5.74) is 0. The number of nitrogens with one attached hydrogen (secondary N) is 2. The minimum Gasteiger partial charge on any atom is -0.502 e. The Hall–Kier alpha value is -0.490. The van der Waals surface area contributed by atoms with E-state index in [2.05, 4.69) is 22.9 Å². The van der Waals surface area contributed by atoms with Crippen LogP contribution in [0.5, 0.6) is 0 Å². The van der Waals surface area contributed by atoms with Crippen LogP contribution in [-0.4, -0.2) is 39.3 Å². The average Bonchev–Trinajstić information content (AvgIpc) is 2.72. The van der Waals surface area contributed by atoms with Crippen molar-refractivity contribution in [3.63, 3.8) is 0 Å². The Morgan fingerprint density at radius 3 is 3.06 bits per heavy atom. The molecule has 2 saturated heterocycles. The van der Waals surface area contributed by atoms with E-state index in [4.69, 9.17) is 5.11 Å². The van der Waals surface area contributed by atoms with Crippen LogP contribution in [0.25, 0.3) is 0 Å². The molecule has 6 heteroatoms. The highest BCUT2D eigenvalue weighted by Gasteiger charge is 2.42. The largest absolute Gasteiger partial charge is 0.502 e. The van der Waals surface area contributed by atoms with Crippen molar-refractivity contribution in [1.29, 1.82) is 0 Å². The molecule has 2 aliphatic rings. The maximum absolute atomic E-state index is 11.1. The zero-order valence-electron chi connectivity index (χ0n) is 8.94. The van der Waals surface area contributed by atoms with Crippen molar-refractivity contribution in [3.05, 3.63) is 0 Å². The van der Waals surface area contributed by atoms with Gasteiger partial charge in [-0.3, -0.25) is 0 Å². The fourth-order valence-corrected chi connectivity index (χ4v) is 3.95. The van der Waals surface area contributed by atoms with Crippen LogP contribution in [0.2, 0.25) is 0 Å². The Morgan fingerprint density at radius 1 is 1.50 bits per heavy atom. The maximum Gasteiger partial charge on any atom is 0.315 e. The van der Waals surface area contributed by atoms with Gasteiger partial charge in [0.2, 0.25) is 0 Å². The lowest BCUT2D eigenvalue weighted by atomic mass is 10.0. The van der Waals surface area contributed by atoms with Gasteiger partial charge in [-0.2, -0.15) is 11.8 Å². The quantitative estimate of drug-likeness (QED) is 0.399. The number of fused-ring (bicyclic) bond motifs is 1. The molecule has 3 atom stereocenters. The molecule has 0 unspecified atom stereocenters. The van der Waals surface area contributed by atoms with Gasteiger partial charge in [0.05, 0.1) is 12.1 Å². The van der Waals surface area contributed by atoms with Gasteiger partial charge in [-0.25, -0.2) is 4.79 Å². The zero-order chi connectivity index (χ0) is 11.5. The molecule has 4 nitrogen and oxygen atoms in total. The van der Waals surface area contributed by atoms with Crippen molar-refractivity contribution >= 4 is 35.1 Å². The van der Waals surface area contributed by atoms with E-state index in [1.54, 1.807) is 0 Å². The fourth-order valence-electron chi connectivity index (χ4n) is 2.26.